The molecular weight excluding hydrogens is 250 g/mol. The van der Waals surface area contributed by atoms with Gasteiger partial charge in [-0.1, -0.05) is 25.8 Å². The molecule has 3 heteroatoms. The number of carbonyl (C=O) groups is 1. The molecule has 0 spiro atoms. The van der Waals surface area contributed by atoms with Gasteiger partial charge in [-0.25, -0.2) is 0 Å². The number of ether oxygens (including phenoxy) is 1. The average molecular weight is 277 g/mol. The van der Waals surface area contributed by atoms with Crippen LogP contribution in [0.3, 0.4) is 0 Å². The molecule has 0 aromatic heterocycles. The highest BCUT2D eigenvalue weighted by molar-refractivity contribution is 5.80. The predicted molar refractivity (Wildman–Crippen MR) is 83.3 cm³/mol. The fourth-order valence-corrected chi connectivity index (χ4v) is 2.10. The Hall–Kier alpha value is -1.51. The molecule has 0 bridgehead atoms. The lowest BCUT2D eigenvalue weighted by atomic mass is 10.1. The number of carbonyl (C=O) groups excluding carboxylic acids is 1. The number of hydrogen-bond acceptors (Lipinski definition) is 2. The minimum atomic E-state index is -0.462. The van der Waals surface area contributed by atoms with Crippen LogP contribution in [-0.2, 0) is 4.79 Å². The third-order valence-corrected chi connectivity index (χ3v) is 3.52. The molecule has 1 aromatic carbocycles. The maximum absolute atomic E-state index is 12.0. The Morgan fingerprint density at radius 3 is 2.60 bits per heavy atom. The topological polar surface area (TPSA) is 38.3 Å². The first-order chi connectivity index (χ1) is 9.45. The fourth-order valence-electron chi connectivity index (χ4n) is 2.10. The summed E-state index contributed by atoms with van der Waals surface area (Å²) in [5.41, 5.74) is 3.44. The molecule has 1 rings (SSSR count). The van der Waals surface area contributed by atoms with Gasteiger partial charge in [0.2, 0.25) is 0 Å². The zero-order chi connectivity index (χ0) is 15.1. The van der Waals surface area contributed by atoms with Crippen molar-refractivity contribution in [3.05, 3.63) is 28.8 Å². The minimum Gasteiger partial charge on any atom is -0.481 e. The van der Waals surface area contributed by atoms with Crippen LogP contribution in [0, 0.1) is 20.8 Å². The van der Waals surface area contributed by atoms with Gasteiger partial charge in [0.15, 0.2) is 6.10 Å². The molecule has 0 radical (unpaired) electrons. The van der Waals surface area contributed by atoms with E-state index in [9.17, 15) is 4.79 Å². The highest BCUT2D eigenvalue weighted by Gasteiger charge is 2.15. The van der Waals surface area contributed by atoms with Crippen LogP contribution in [0.15, 0.2) is 12.1 Å². The standard InChI is InChI=1S/C17H27NO2/c1-6-7-8-9-18-17(19)15(5)20-16-11-12(2)10-13(3)14(16)4/h10-11,15H,6-9H2,1-5H3,(H,18,19)/t15-/m1/s1. The van der Waals surface area contributed by atoms with Crippen molar-refractivity contribution in [3.63, 3.8) is 0 Å². The Morgan fingerprint density at radius 2 is 1.95 bits per heavy atom. The molecule has 1 aromatic rings. The highest BCUT2D eigenvalue weighted by atomic mass is 16.5. The molecule has 1 amide bonds. The van der Waals surface area contributed by atoms with Crippen LogP contribution in [0.5, 0.6) is 5.75 Å². The molecule has 0 heterocycles. The van der Waals surface area contributed by atoms with Crippen molar-refractivity contribution in [2.75, 3.05) is 6.54 Å². The molecule has 0 aliphatic rings. The zero-order valence-electron chi connectivity index (χ0n) is 13.4. The summed E-state index contributed by atoms with van der Waals surface area (Å²) < 4.78 is 5.81. The van der Waals surface area contributed by atoms with E-state index >= 15 is 0 Å². The van der Waals surface area contributed by atoms with Crippen LogP contribution in [0.1, 0.15) is 49.8 Å². The van der Waals surface area contributed by atoms with Crippen LogP contribution in [0.2, 0.25) is 0 Å². The summed E-state index contributed by atoms with van der Waals surface area (Å²) in [6.07, 6.45) is 2.86. The third kappa shape index (κ3) is 4.87. The number of aryl methyl sites for hydroxylation is 2. The summed E-state index contributed by atoms with van der Waals surface area (Å²) in [5.74, 6) is 0.762. The number of benzene rings is 1. The molecule has 1 atom stereocenters. The zero-order valence-corrected chi connectivity index (χ0v) is 13.4. The van der Waals surface area contributed by atoms with Crippen LogP contribution < -0.4 is 10.1 Å². The fraction of sp³-hybridized carbons (Fsp3) is 0.588. The van der Waals surface area contributed by atoms with Gasteiger partial charge in [0.1, 0.15) is 5.75 Å². The van der Waals surface area contributed by atoms with Crippen LogP contribution >= 0.6 is 0 Å². The van der Waals surface area contributed by atoms with Crippen molar-refractivity contribution >= 4 is 5.91 Å². The largest absolute Gasteiger partial charge is 0.481 e. The van der Waals surface area contributed by atoms with E-state index in [4.69, 9.17) is 4.74 Å². The van der Waals surface area contributed by atoms with Gasteiger partial charge in [0, 0.05) is 6.54 Å². The van der Waals surface area contributed by atoms with E-state index in [1.54, 1.807) is 6.92 Å². The Morgan fingerprint density at radius 1 is 1.25 bits per heavy atom. The van der Waals surface area contributed by atoms with E-state index in [0.29, 0.717) is 0 Å². The van der Waals surface area contributed by atoms with Crippen LogP contribution in [0.4, 0.5) is 0 Å². The van der Waals surface area contributed by atoms with Gasteiger partial charge < -0.3 is 10.1 Å². The maximum atomic E-state index is 12.0. The summed E-state index contributed by atoms with van der Waals surface area (Å²) in [6.45, 7) is 10.8. The molecule has 1 N–H and O–H groups in total. The van der Waals surface area contributed by atoms with Crippen LogP contribution in [0.25, 0.3) is 0 Å². The van der Waals surface area contributed by atoms with E-state index in [0.717, 1.165) is 42.7 Å². The first-order valence-corrected chi connectivity index (χ1v) is 7.48. The summed E-state index contributed by atoms with van der Waals surface area (Å²) in [4.78, 5) is 12.0. The van der Waals surface area contributed by atoms with Gasteiger partial charge in [-0.3, -0.25) is 4.79 Å². The van der Waals surface area contributed by atoms with Crippen molar-refractivity contribution in [2.45, 2.75) is 60.0 Å². The number of rotatable bonds is 7. The van der Waals surface area contributed by atoms with Crippen molar-refractivity contribution in [2.24, 2.45) is 0 Å². The normalized spacial score (nSPS) is 12.1. The number of unbranched alkanes of at least 4 members (excludes halogenated alkanes) is 2. The molecule has 20 heavy (non-hydrogen) atoms. The minimum absolute atomic E-state index is 0.0420. The quantitative estimate of drug-likeness (QED) is 0.772. The Kier molecular flexibility index (Phi) is 6.56. The Balaban J connectivity index is 2.57. The van der Waals surface area contributed by atoms with Gasteiger partial charge in [-0.15, -0.1) is 0 Å². The lowest BCUT2D eigenvalue weighted by molar-refractivity contribution is -0.127. The van der Waals surface area contributed by atoms with E-state index in [1.165, 1.54) is 5.56 Å². The number of nitrogens with one attached hydrogen (secondary N) is 1. The lowest BCUT2D eigenvalue weighted by Gasteiger charge is -2.18. The average Bonchev–Trinajstić information content (AvgIpc) is 2.40. The van der Waals surface area contributed by atoms with Gasteiger partial charge in [0.05, 0.1) is 0 Å². The first-order valence-electron chi connectivity index (χ1n) is 7.48. The molecule has 0 aliphatic carbocycles. The summed E-state index contributed by atoms with van der Waals surface area (Å²) in [7, 11) is 0. The molecule has 3 nitrogen and oxygen atoms in total. The molecule has 0 unspecified atom stereocenters. The van der Waals surface area contributed by atoms with Crippen molar-refractivity contribution in [1.82, 2.24) is 5.32 Å². The monoisotopic (exact) mass is 277 g/mol. The van der Waals surface area contributed by atoms with Gasteiger partial charge >= 0.3 is 0 Å². The second-order valence-corrected chi connectivity index (χ2v) is 5.46. The lowest BCUT2D eigenvalue weighted by Crippen LogP contribution is -2.37. The molecular formula is C17H27NO2. The maximum Gasteiger partial charge on any atom is 0.260 e. The van der Waals surface area contributed by atoms with E-state index < -0.39 is 6.10 Å². The smallest absolute Gasteiger partial charge is 0.260 e. The van der Waals surface area contributed by atoms with Crippen molar-refractivity contribution in [3.8, 4) is 5.75 Å². The van der Waals surface area contributed by atoms with E-state index in [-0.39, 0.29) is 5.91 Å². The van der Waals surface area contributed by atoms with E-state index in [2.05, 4.69) is 25.2 Å². The van der Waals surface area contributed by atoms with Crippen molar-refractivity contribution < 1.29 is 9.53 Å². The van der Waals surface area contributed by atoms with Crippen LogP contribution in [-0.4, -0.2) is 18.6 Å². The van der Waals surface area contributed by atoms with Gasteiger partial charge in [-0.05, 0) is 56.9 Å². The summed E-state index contributed by atoms with van der Waals surface area (Å²) >= 11 is 0. The Labute approximate surface area is 122 Å². The first kappa shape index (κ1) is 16.5. The van der Waals surface area contributed by atoms with E-state index in [1.807, 2.05) is 19.9 Å². The third-order valence-electron chi connectivity index (χ3n) is 3.52. The van der Waals surface area contributed by atoms with Gasteiger partial charge in [0.25, 0.3) is 5.91 Å². The molecule has 0 aliphatic heterocycles. The number of amides is 1. The number of hydrogen-bond donors (Lipinski definition) is 1. The Bertz CT molecular complexity index is 455. The second kappa shape index (κ2) is 7.93. The van der Waals surface area contributed by atoms with Crippen molar-refractivity contribution in [1.29, 1.82) is 0 Å². The SMILES string of the molecule is CCCCCNC(=O)[C@@H](C)Oc1cc(C)cc(C)c1C. The van der Waals surface area contributed by atoms with Gasteiger partial charge in [-0.2, -0.15) is 0 Å². The summed E-state index contributed by atoms with van der Waals surface area (Å²) in [5, 5.41) is 2.92. The second-order valence-electron chi connectivity index (χ2n) is 5.46. The predicted octanol–water partition coefficient (Wildman–Crippen LogP) is 3.69. The molecule has 0 saturated heterocycles. The molecule has 0 saturated carbocycles. The molecule has 112 valence electrons. The summed E-state index contributed by atoms with van der Waals surface area (Å²) in [6, 6.07) is 4.11. The molecule has 0 fully saturated rings. The highest BCUT2D eigenvalue weighted by Crippen LogP contribution is 2.24.